The minimum absolute atomic E-state index is 0. The Hall–Kier alpha value is -1.33. The van der Waals surface area contributed by atoms with Crippen LogP contribution < -0.4 is 9.79 Å². The van der Waals surface area contributed by atoms with Crippen molar-refractivity contribution in [3.05, 3.63) is 144 Å². The van der Waals surface area contributed by atoms with Crippen LogP contribution in [0.1, 0.15) is 22.3 Å². The zero-order valence-electron chi connectivity index (χ0n) is 21.2. The van der Waals surface area contributed by atoms with E-state index in [-0.39, 0.29) is 75.3 Å². The zero-order chi connectivity index (χ0) is 27.1. The van der Waals surface area contributed by atoms with Gasteiger partial charge in [-0.2, -0.15) is 0 Å². The summed E-state index contributed by atoms with van der Waals surface area (Å²) in [4.78, 5) is 23.1. The second-order valence-corrected chi connectivity index (χ2v) is 10.8. The zero-order valence-corrected chi connectivity index (χ0v) is 27.5. The fraction of sp³-hybridized carbons (Fsp3) is 0.143. The second-order valence-electron chi connectivity index (χ2n) is 7.93. The van der Waals surface area contributed by atoms with Gasteiger partial charge >= 0.3 is 48.9 Å². The summed E-state index contributed by atoms with van der Waals surface area (Å²) < 4.78 is 42.4. The van der Waals surface area contributed by atoms with E-state index in [1.165, 1.54) is 0 Å². The van der Waals surface area contributed by atoms with Gasteiger partial charge in [0, 0.05) is 0 Å². The van der Waals surface area contributed by atoms with E-state index in [1.807, 2.05) is 72.8 Å². The van der Waals surface area contributed by atoms with Gasteiger partial charge in [0.25, 0.3) is 15.6 Å². The molecule has 0 aliphatic heterocycles. The smallest absolute Gasteiger partial charge is 0.756 e. The minimum atomic E-state index is -4.27. The van der Waals surface area contributed by atoms with Gasteiger partial charge < -0.3 is 27.9 Å². The van der Waals surface area contributed by atoms with Crippen LogP contribution in [0.5, 0.6) is 0 Å². The summed E-state index contributed by atoms with van der Waals surface area (Å²) in [6.45, 7) is -0.0698. The Morgan fingerprint density at radius 2 is 0.590 bits per heavy atom. The van der Waals surface area contributed by atoms with Gasteiger partial charge in [-0.25, -0.2) is 0 Å². The molecule has 0 spiro atoms. The fourth-order valence-corrected chi connectivity index (χ4v) is 4.36. The molecule has 0 aliphatic carbocycles. The van der Waals surface area contributed by atoms with E-state index in [1.54, 1.807) is 48.5 Å². The molecule has 0 amide bonds. The molecule has 200 valence electrons. The molecule has 39 heavy (non-hydrogen) atoms. The first-order valence-electron chi connectivity index (χ1n) is 11.7. The molecule has 0 saturated carbocycles. The summed E-state index contributed by atoms with van der Waals surface area (Å²) in [7, 11) is -8.55. The van der Waals surface area contributed by atoms with Gasteiger partial charge in [-0.1, -0.05) is 121 Å². The van der Waals surface area contributed by atoms with Crippen molar-refractivity contribution in [3.8, 4) is 0 Å². The molecule has 0 radical (unpaired) electrons. The second kappa shape index (κ2) is 18.2. The van der Waals surface area contributed by atoms with Crippen LogP contribution in [-0.4, -0.2) is 48.9 Å². The average molecular weight is 692 g/mol. The molecular weight excluding hydrogens is 664 g/mol. The summed E-state index contributed by atoms with van der Waals surface area (Å²) in [6, 6.07) is 36.3. The van der Waals surface area contributed by atoms with Crippen LogP contribution in [-0.2, 0) is 53.7 Å². The molecule has 0 unspecified atom stereocenters. The Balaban J connectivity index is 0.000000267. The summed E-state index contributed by atoms with van der Waals surface area (Å²) in [5.74, 6) is 0. The monoisotopic (exact) mass is 692 g/mol. The van der Waals surface area contributed by atoms with Gasteiger partial charge in [0.1, 0.15) is 0 Å². The van der Waals surface area contributed by atoms with Crippen LogP contribution in [0.4, 0.5) is 0 Å². The Bertz CT molecular complexity index is 1100. The van der Waals surface area contributed by atoms with E-state index < -0.39 is 15.6 Å². The molecule has 4 rings (SSSR count). The normalized spacial score (nSPS) is 11.1. The van der Waals surface area contributed by atoms with E-state index in [0.717, 1.165) is 22.3 Å². The van der Waals surface area contributed by atoms with Crippen LogP contribution in [0, 0.1) is 0 Å². The van der Waals surface area contributed by atoms with Crippen LogP contribution in [0.15, 0.2) is 121 Å². The Kier molecular flexibility index (Phi) is 15.8. The number of benzene rings is 4. The van der Waals surface area contributed by atoms with Crippen molar-refractivity contribution in [2.75, 3.05) is 0 Å². The first-order chi connectivity index (χ1) is 18.3. The summed E-state index contributed by atoms with van der Waals surface area (Å²) in [5.41, 5.74) is 3.12. The van der Waals surface area contributed by atoms with Gasteiger partial charge in [-0.3, -0.25) is 9.13 Å². The van der Waals surface area contributed by atoms with Crippen LogP contribution in [0.2, 0.25) is 0 Å². The van der Waals surface area contributed by atoms with Gasteiger partial charge in [0.05, 0.1) is 26.4 Å². The molecule has 11 heteroatoms. The first kappa shape index (κ1) is 33.9. The predicted molar refractivity (Wildman–Crippen MR) is 146 cm³/mol. The van der Waals surface area contributed by atoms with Crippen molar-refractivity contribution in [1.29, 1.82) is 0 Å². The van der Waals surface area contributed by atoms with Crippen LogP contribution in [0.25, 0.3) is 0 Å². The topological polar surface area (TPSA) is 117 Å². The Morgan fingerprint density at radius 1 is 0.410 bits per heavy atom. The Morgan fingerprint density at radius 3 is 0.769 bits per heavy atom. The third-order valence-electron chi connectivity index (χ3n) is 4.93. The van der Waals surface area contributed by atoms with E-state index in [9.17, 15) is 18.9 Å². The van der Waals surface area contributed by atoms with Crippen molar-refractivity contribution in [3.63, 3.8) is 0 Å². The maximum absolute atomic E-state index is 11.6. The van der Waals surface area contributed by atoms with Gasteiger partial charge in [0.15, 0.2) is 0 Å². The molecule has 0 saturated heterocycles. The molecule has 0 fully saturated rings. The first-order valence-corrected chi connectivity index (χ1v) is 14.6. The summed E-state index contributed by atoms with van der Waals surface area (Å²) in [5, 5.41) is 0. The van der Waals surface area contributed by atoms with Crippen molar-refractivity contribution in [2.45, 2.75) is 26.4 Å². The van der Waals surface area contributed by atoms with E-state index in [0.29, 0.717) is 0 Å². The summed E-state index contributed by atoms with van der Waals surface area (Å²) in [6.07, 6.45) is 0. The molecule has 0 atom stereocenters. The standard InChI is InChI=1S/2C14H15O4P.Ba/c2*15-19(16,17-11-13-7-3-1-4-8-13)18-12-14-9-5-2-6-10-14;/h2*1-10H,11-12H2,(H,15,16);/q;;+2/p-2. The quantitative estimate of drug-likeness (QED) is 0.143. The number of phosphoric acid groups is 2. The predicted octanol–water partition coefficient (Wildman–Crippen LogP) is 5.40. The van der Waals surface area contributed by atoms with Crippen molar-refractivity contribution in [2.24, 2.45) is 0 Å². The van der Waals surface area contributed by atoms with Crippen molar-refractivity contribution in [1.82, 2.24) is 0 Å². The third kappa shape index (κ3) is 14.7. The van der Waals surface area contributed by atoms with Gasteiger partial charge in [0.2, 0.25) is 0 Å². The van der Waals surface area contributed by atoms with E-state index >= 15 is 0 Å². The van der Waals surface area contributed by atoms with Gasteiger partial charge in [-0.05, 0) is 22.3 Å². The molecule has 4 aromatic rings. The average Bonchev–Trinajstić information content (AvgIpc) is 2.96. The van der Waals surface area contributed by atoms with Crippen LogP contribution >= 0.6 is 15.6 Å². The van der Waals surface area contributed by atoms with E-state index in [4.69, 9.17) is 18.1 Å². The largest absolute Gasteiger partial charge is 2.00 e. The molecule has 0 heterocycles. The van der Waals surface area contributed by atoms with Crippen LogP contribution in [0.3, 0.4) is 0 Å². The number of phosphoric ester groups is 2. The number of hydrogen-bond acceptors (Lipinski definition) is 8. The number of hydrogen-bond donors (Lipinski definition) is 0. The Labute approximate surface area is 269 Å². The van der Waals surface area contributed by atoms with Crippen molar-refractivity contribution < 1.29 is 37.0 Å². The molecule has 8 nitrogen and oxygen atoms in total. The molecule has 0 aromatic heterocycles. The maximum atomic E-state index is 11.6. The molecule has 0 aliphatic rings. The van der Waals surface area contributed by atoms with Crippen molar-refractivity contribution >= 4 is 64.5 Å². The third-order valence-corrected chi connectivity index (χ3v) is 6.71. The fourth-order valence-electron chi connectivity index (χ4n) is 2.99. The molecule has 0 N–H and O–H groups in total. The molecular formula is C28H28BaO8P2. The minimum Gasteiger partial charge on any atom is -0.756 e. The van der Waals surface area contributed by atoms with E-state index in [2.05, 4.69) is 0 Å². The number of rotatable bonds is 12. The molecule has 4 aromatic carbocycles. The van der Waals surface area contributed by atoms with Gasteiger partial charge in [-0.15, -0.1) is 0 Å². The summed E-state index contributed by atoms with van der Waals surface area (Å²) >= 11 is 0. The molecule has 0 bridgehead atoms. The SMILES string of the molecule is O=P([O-])(OCc1ccccc1)OCc1ccccc1.O=P([O-])(OCc1ccccc1)OCc1ccccc1.[Ba+2]. The maximum Gasteiger partial charge on any atom is 2.00 e.